The van der Waals surface area contributed by atoms with Gasteiger partial charge < -0.3 is 15.4 Å². The third kappa shape index (κ3) is 7.96. The van der Waals surface area contributed by atoms with Gasteiger partial charge in [0.15, 0.2) is 5.82 Å². The van der Waals surface area contributed by atoms with Gasteiger partial charge in [-0.05, 0) is 25.6 Å². The molecule has 0 aliphatic carbocycles. The molecule has 1 aromatic rings. The molecule has 5 nitrogen and oxygen atoms in total. The molecule has 0 amide bonds. The van der Waals surface area contributed by atoms with E-state index in [4.69, 9.17) is 4.74 Å². The van der Waals surface area contributed by atoms with Crippen molar-refractivity contribution in [3.63, 3.8) is 0 Å². The van der Waals surface area contributed by atoms with Crippen molar-refractivity contribution in [3.05, 3.63) is 11.9 Å². The highest BCUT2D eigenvalue weighted by atomic mass is 32.2. The topological polar surface area (TPSA) is 59.1 Å². The normalized spacial score (nSPS) is 11.5. The molecule has 0 radical (unpaired) electrons. The highest BCUT2D eigenvalue weighted by Gasteiger charge is 2.27. The Morgan fingerprint density at radius 2 is 1.86 bits per heavy atom. The van der Waals surface area contributed by atoms with E-state index in [1.165, 1.54) is 0 Å². The van der Waals surface area contributed by atoms with E-state index in [-0.39, 0.29) is 30.7 Å². The van der Waals surface area contributed by atoms with Crippen LogP contribution in [0.5, 0.6) is 0 Å². The molecule has 0 aliphatic heterocycles. The molecule has 1 aromatic heterocycles. The predicted molar refractivity (Wildman–Crippen MR) is 78.5 cm³/mol. The summed E-state index contributed by atoms with van der Waals surface area (Å²) in [4.78, 5) is 8.47. The first kappa shape index (κ1) is 17.8. The standard InChI is InChI=1S/C12H19F3N4OS/c1-3-16-9-7-10(17-5-6-21-12(13,14)15)19-11(18-9)8-20-4-2/h7H,3-6,8H2,1-2H3,(H2,16,17,18,19). The Morgan fingerprint density at radius 3 is 2.43 bits per heavy atom. The van der Waals surface area contributed by atoms with Crippen LogP contribution in [-0.2, 0) is 11.3 Å². The fourth-order valence-corrected chi connectivity index (χ4v) is 1.90. The Hall–Kier alpha value is -1.22. The Balaban J connectivity index is 2.60. The summed E-state index contributed by atoms with van der Waals surface area (Å²) in [6.45, 7) is 5.45. The minimum atomic E-state index is -4.21. The van der Waals surface area contributed by atoms with Gasteiger partial charge in [-0.1, -0.05) is 0 Å². The lowest BCUT2D eigenvalue weighted by molar-refractivity contribution is -0.0327. The zero-order chi connectivity index (χ0) is 15.7. The number of nitrogens with zero attached hydrogens (tertiary/aromatic N) is 2. The minimum absolute atomic E-state index is 0.0609. The minimum Gasteiger partial charge on any atom is -0.374 e. The maximum absolute atomic E-state index is 12.0. The average Bonchev–Trinajstić information content (AvgIpc) is 2.41. The largest absolute Gasteiger partial charge is 0.441 e. The van der Waals surface area contributed by atoms with E-state index in [2.05, 4.69) is 20.6 Å². The SMILES string of the molecule is CCNc1cc(NCCSC(F)(F)F)nc(COCC)n1. The van der Waals surface area contributed by atoms with E-state index >= 15 is 0 Å². The van der Waals surface area contributed by atoms with Crippen LogP contribution in [0.3, 0.4) is 0 Å². The van der Waals surface area contributed by atoms with Crippen molar-refractivity contribution in [2.24, 2.45) is 0 Å². The number of ether oxygens (including phenoxy) is 1. The molecule has 120 valence electrons. The molecule has 0 fully saturated rings. The first-order valence-corrected chi connectivity index (χ1v) is 7.57. The number of hydrogen-bond acceptors (Lipinski definition) is 6. The second-order valence-electron chi connectivity index (χ2n) is 3.94. The number of rotatable bonds is 9. The van der Waals surface area contributed by atoms with Crippen LogP contribution in [0, 0.1) is 0 Å². The number of alkyl halides is 3. The lowest BCUT2D eigenvalue weighted by atomic mass is 10.4. The first-order chi connectivity index (χ1) is 9.94. The van der Waals surface area contributed by atoms with Crippen LogP contribution in [0.4, 0.5) is 24.8 Å². The van der Waals surface area contributed by atoms with Crippen molar-refractivity contribution < 1.29 is 17.9 Å². The molecule has 0 unspecified atom stereocenters. The van der Waals surface area contributed by atoms with Gasteiger partial charge in [0.1, 0.15) is 18.2 Å². The highest BCUT2D eigenvalue weighted by molar-refractivity contribution is 8.00. The van der Waals surface area contributed by atoms with Gasteiger partial charge in [0.25, 0.3) is 0 Å². The molecule has 21 heavy (non-hydrogen) atoms. The number of nitrogens with one attached hydrogen (secondary N) is 2. The molecule has 0 saturated heterocycles. The Kier molecular flexibility index (Phi) is 7.58. The van der Waals surface area contributed by atoms with Crippen molar-refractivity contribution in [3.8, 4) is 0 Å². The van der Waals surface area contributed by atoms with Crippen LogP contribution in [-0.4, -0.2) is 40.9 Å². The summed E-state index contributed by atoms with van der Waals surface area (Å²) in [5, 5.41) is 5.91. The van der Waals surface area contributed by atoms with Crippen LogP contribution in [0.2, 0.25) is 0 Å². The van der Waals surface area contributed by atoms with Crippen LogP contribution in [0.25, 0.3) is 0 Å². The third-order valence-corrected chi connectivity index (χ3v) is 2.98. The molecule has 1 heterocycles. The van der Waals surface area contributed by atoms with Gasteiger partial charge in [0.2, 0.25) is 0 Å². The number of anilines is 2. The van der Waals surface area contributed by atoms with Crippen molar-refractivity contribution in [2.45, 2.75) is 26.0 Å². The molecule has 9 heteroatoms. The summed E-state index contributed by atoms with van der Waals surface area (Å²) < 4.78 is 41.3. The molecule has 2 N–H and O–H groups in total. The van der Waals surface area contributed by atoms with Crippen LogP contribution < -0.4 is 10.6 Å². The number of halogens is 3. The summed E-state index contributed by atoms with van der Waals surface area (Å²) in [5.74, 6) is 1.51. The lowest BCUT2D eigenvalue weighted by Crippen LogP contribution is -2.12. The summed E-state index contributed by atoms with van der Waals surface area (Å²) in [5.41, 5.74) is -4.21. The van der Waals surface area contributed by atoms with Gasteiger partial charge in [-0.2, -0.15) is 13.2 Å². The molecule has 1 rings (SSSR count). The second-order valence-corrected chi connectivity index (χ2v) is 5.10. The van der Waals surface area contributed by atoms with Crippen molar-refractivity contribution >= 4 is 23.4 Å². The summed E-state index contributed by atoms with van der Waals surface area (Å²) in [7, 11) is 0. The molecule has 0 aromatic carbocycles. The van der Waals surface area contributed by atoms with Crippen LogP contribution in [0.1, 0.15) is 19.7 Å². The quantitative estimate of drug-likeness (QED) is 0.681. The van der Waals surface area contributed by atoms with Gasteiger partial charge in [0.05, 0.1) is 0 Å². The van der Waals surface area contributed by atoms with Crippen molar-refractivity contribution in [2.75, 3.05) is 36.1 Å². The van der Waals surface area contributed by atoms with Gasteiger partial charge in [-0.25, -0.2) is 9.97 Å². The third-order valence-electron chi connectivity index (χ3n) is 2.24. The van der Waals surface area contributed by atoms with Gasteiger partial charge in [-0.3, -0.25) is 0 Å². The van der Waals surface area contributed by atoms with Crippen molar-refractivity contribution in [1.82, 2.24) is 9.97 Å². The lowest BCUT2D eigenvalue weighted by Gasteiger charge is -2.11. The Morgan fingerprint density at radius 1 is 1.19 bits per heavy atom. The molecule has 0 saturated carbocycles. The Bertz CT molecular complexity index is 431. The average molecular weight is 324 g/mol. The first-order valence-electron chi connectivity index (χ1n) is 6.58. The van der Waals surface area contributed by atoms with E-state index in [1.54, 1.807) is 6.07 Å². The smallest absolute Gasteiger partial charge is 0.374 e. The number of hydrogen-bond donors (Lipinski definition) is 2. The highest BCUT2D eigenvalue weighted by Crippen LogP contribution is 2.29. The van der Waals surface area contributed by atoms with Crippen LogP contribution >= 0.6 is 11.8 Å². The van der Waals surface area contributed by atoms with Crippen LogP contribution in [0.15, 0.2) is 6.07 Å². The molecular formula is C12H19F3N4OS. The Labute approximate surface area is 126 Å². The molecular weight excluding hydrogens is 305 g/mol. The van der Waals surface area contributed by atoms with E-state index < -0.39 is 5.51 Å². The van der Waals surface area contributed by atoms with Crippen molar-refractivity contribution in [1.29, 1.82) is 0 Å². The van der Waals surface area contributed by atoms with E-state index in [1.807, 2.05) is 13.8 Å². The molecule has 0 aliphatic rings. The molecule has 0 spiro atoms. The number of thioether (sulfide) groups is 1. The van der Waals surface area contributed by atoms with E-state index in [0.29, 0.717) is 30.6 Å². The predicted octanol–water partition coefficient (Wildman–Crippen LogP) is 3.11. The second kappa shape index (κ2) is 8.93. The maximum Gasteiger partial charge on any atom is 0.441 e. The zero-order valence-corrected chi connectivity index (χ0v) is 12.8. The summed E-state index contributed by atoms with van der Waals surface area (Å²) in [6, 6.07) is 1.66. The van der Waals surface area contributed by atoms with E-state index in [0.717, 1.165) is 0 Å². The van der Waals surface area contributed by atoms with Gasteiger partial charge in [-0.15, -0.1) is 0 Å². The molecule has 0 atom stereocenters. The molecule has 0 bridgehead atoms. The van der Waals surface area contributed by atoms with Gasteiger partial charge in [0, 0.05) is 31.5 Å². The fourth-order valence-electron chi connectivity index (χ4n) is 1.46. The number of aromatic nitrogens is 2. The fraction of sp³-hybridized carbons (Fsp3) is 0.667. The summed E-state index contributed by atoms with van der Waals surface area (Å²) >= 11 is -0.0609. The maximum atomic E-state index is 12.0. The monoisotopic (exact) mass is 324 g/mol. The summed E-state index contributed by atoms with van der Waals surface area (Å²) in [6.07, 6.45) is 0. The van der Waals surface area contributed by atoms with Gasteiger partial charge >= 0.3 is 5.51 Å². The zero-order valence-electron chi connectivity index (χ0n) is 12.0. The van der Waals surface area contributed by atoms with E-state index in [9.17, 15) is 13.2 Å².